The second-order valence-corrected chi connectivity index (χ2v) is 2.79. The van der Waals surface area contributed by atoms with E-state index in [1.54, 1.807) is 6.20 Å². The van der Waals surface area contributed by atoms with E-state index in [0.717, 1.165) is 22.2 Å². The second kappa shape index (κ2) is 2.44. The minimum Gasteiger partial charge on any atom is -0.398 e. The topological polar surface area (TPSA) is 51.8 Å². The van der Waals surface area contributed by atoms with Crippen LogP contribution in [0.25, 0.3) is 10.9 Å². The molecule has 0 bridgehead atoms. The molecule has 0 saturated heterocycles. The lowest BCUT2D eigenvalue weighted by Crippen LogP contribution is -1.90. The lowest BCUT2D eigenvalue weighted by Gasteiger charge is -2.01. The average molecular weight is 159 g/mol. The van der Waals surface area contributed by atoms with Gasteiger partial charge in [-0.25, -0.2) is 9.97 Å². The Kier molecular flexibility index (Phi) is 1.43. The minimum absolute atomic E-state index is 0.789. The Balaban J connectivity index is 2.84. The number of aryl methyl sites for hydroxylation is 1. The zero-order valence-electron chi connectivity index (χ0n) is 6.78. The molecule has 2 N–H and O–H groups in total. The van der Waals surface area contributed by atoms with E-state index in [0.29, 0.717) is 0 Å². The third-order valence-electron chi connectivity index (χ3n) is 1.89. The Labute approximate surface area is 70.3 Å². The molecule has 0 unspecified atom stereocenters. The molecule has 1 aromatic carbocycles. The number of hydrogen-bond acceptors (Lipinski definition) is 3. The summed E-state index contributed by atoms with van der Waals surface area (Å²) in [7, 11) is 0. The van der Waals surface area contributed by atoms with E-state index in [-0.39, 0.29) is 0 Å². The first-order valence-corrected chi connectivity index (χ1v) is 3.73. The highest BCUT2D eigenvalue weighted by Gasteiger charge is 1.97. The van der Waals surface area contributed by atoms with E-state index in [1.165, 1.54) is 6.33 Å². The van der Waals surface area contributed by atoms with E-state index < -0.39 is 0 Å². The van der Waals surface area contributed by atoms with Gasteiger partial charge < -0.3 is 5.73 Å². The molecule has 3 nitrogen and oxygen atoms in total. The van der Waals surface area contributed by atoms with Crippen LogP contribution in [-0.2, 0) is 0 Å². The number of hydrogen-bond donors (Lipinski definition) is 1. The Morgan fingerprint density at radius 2 is 2.17 bits per heavy atom. The summed E-state index contributed by atoms with van der Waals surface area (Å²) in [5, 5.41) is 0.987. The fourth-order valence-corrected chi connectivity index (χ4v) is 1.15. The Bertz CT molecular complexity index is 383. The van der Waals surface area contributed by atoms with E-state index in [2.05, 4.69) is 9.97 Å². The van der Waals surface area contributed by atoms with Crippen molar-refractivity contribution >= 4 is 16.6 Å². The third-order valence-corrected chi connectivity index (χ3v) is 1.89. The van der Waals surface area contributed by atoms with Gasteiger partial charge in [-0.3, -0.25) is 0 Å². The van der Waals surface area contributed by atoms with Crippen molar-refractivity contribution in [2.45, 2.75) is 6.92 Å². The molecular formula is C9H9N3. The molecule has 0 aliphatic rings. The summed E-state index contributed by atoms with van der Waals surface area (Å²) in [6, 6.07) is 3.86. The molecule has 0 aliphatic carbocycles. The van der Waals surface area contributed by atoms with Gasteiger partial charge in [0.2, 0.25) is 0 Å². The highest BCUT2D eigenvalue weighted by molar-refractivity contribution is 5.82. The van der Waals surface area contributed by atoms with Gasteiger partial charge in [0.05, 0.1) is 5.52 Å². The molecule has 0 saturated carbocycles. The lowest BCUT2D eigenvalue weighted by molar-refractivity contribution is 1.22. The molecular weight excluding hydrogens is 150 g/mol. The molecule has 0 fully saturated rings. The maximum atomic E-state index is 5.73. The van der Waals surface area contributed by atoms with Gasteiger partial charge in [0, 0.05) is 17.3 Å². The van der Waals surface area contributed by atoms with Crippen LogP contribution in [0.4, 0.5) is 5.69 Å². The zero-order valence-corrected chi connectivity index (χ0v) is 6.78. The number of fused-ring (bicyclic) bond motifs is 1. The quantitative estimate of drug-likeness (QED) is 0.593. The molecule has 1 aromatic heterocycles. The minimum atomic E-state index is 0.789. The van der Waals surface area contributed by atoms with Gasteiger partial charge in [-0.1, -0.05) is 0 Å². The molecule has 0 amide bonds. The molecule has 60 valence electrons. The molecule has 2 rings (SSSR count). The number of nitrogens with two attached hydrogens (primary N) is 1. The van der Waals surface area contributed by atoms with E-state index in [1.807, 2.05) is 19.1 Å². The van der Waals surface area contributed by atoms with Crippen molar-refractivity contribution in [3.05, 3.63) is 30.2 Å². The molecule has 3 heteroatoms. The first kappa shape index (κ1) is 7.03. The van der Waals surface area contributed by atoms with Crippen LogP contribution >= 0.6 is 0 Å². The van der Waals surface area contributed by atoms with Crippen LogP contribution in [0.15, 0.2) is 24.7 Å². The SMILES string of the molecule is Cc1cc2ncncc2cc1N. The smallest absolute Gasteiger partial charge is 0.116 e. The highest BCUT2D eigenvalue weighted by atomic mass is 14.8. The molecule has 0 atom stereocenters. The van der Waals surface area contributed by atoms with Gasteiger partial charge in [-0.15, -0.1) is 0 Å². The summed E-state index contributed by atoms with van der Waals surface area (Å²) in [6.45, 7) is 1.97. The fraction of sp³-hybridized carbons (Fsp3) is 0.111. The molecule has 1 heterocycles. The maximum absolute atomic E-state index is 5.73. The van der Waals surface area contributed by atoms with Crippen molar-refractivity contribution in [1.29, 1.82) is 0 Å². The molecule has 2 aromatic rings. The normalized spacial score (nSPS) is 10.4. The van der Waals surface area contributed by atoms with Crippen molar-refractivity contribution in [3.8, 4) is 0 Å². The summed E-state index contributed by atoms with van der Waals surface area (Å²) >= 11 is 0. The highest BCUT2D eigenvalue weighted by Crippen LogP contribution is 2.17. The first-order chi connectivity index (χ1) is 5.77. The number of anilines is 1. The van der Waals surface area contributed by atoms with E-state index in [4.69, 9.17) is 5.73 Å². The van der Waals surface area contributed by atoms with Crippen LogP contribution in [0.5, 0.6) is 0 Å². The Morgan fingerprint density at radius 1 is 1.33 bits per heavy atom. The number of nitrogen functional groups attached to an aromatic ring is 1. The van der Waals surface area contributed by atoms with Crippen LogP contribution in [0.3, 0.4) is 0 Å². The van der Waals surface area contributed by atoms with Crippen molar-refractivity contribution in [1.82, 2.24) is 9.97 Å². The molecule has 12 heavy (non-hydrogen) atoms. The monoisotopic (exact) mass is 159 g/mol. The summed E-state index contributed by atoms with van der Waals surface area (Å²) in [6.07, 6.45) is 3.30. The van der Waals surface area contributed by atoms with Crippen LogP contribution in [-0.4, -0.2) is 9.97 Å². The van der Waals surface area contributed by atoms with Crippen molar-refractivity contribution < 1.29 is 0 Å². The van der Waals surface area contributed by atoms with Gasteiger partial charge >= 0.3 is 0 Å². The second-order valence-electron chi connectivity index (χ2n) is 2.79. The maximum Gasteiger partial charge on any atom is 0.116 e. The van der Waals surface area contributed by atoms with Crippen LogP contribution in [0.1, 0.15) is 5.56 Å². The van der Waals surface area contributed by atoms with Crippen LogP contribution < -0.4 is 5.73 Å². The van der Waals surface area contributed by atoms with E-state index in [9.17, 15) is 0 Å². The number of nitrogens with zero attached hydrogens (tertiary/aromatic N) is 2. The first-order valence-electron chi connectivity index (χ1n) is 3.73. The Hall–Kier alpha value is -1.64. The summed E-state index contributed by atoms with van der Waals surface area (Å²) in [5.41, 5.74) is 8.52. The van der Waals surface area contributed by atoms with Crippen molar-refractivity contribution in [2.75, 3.05) is 5.73 Å². The lowest BCUT2D eigenvalue weighted by atomic mass is 10.1. The van der Waals surface area contributed by atoms with Crippen LogP contribution in [0, 0.1) is 6.92 Å². The van der Waals surface area contributed by atoms with Gasteiger partial charge in [0.1, 0.15) is 6.33 Å². The van der Waals surface area contributed by atoms with Crippen molar-refractivity contribution in [3.63, 3.8) is 0 Å². The zero-order chi connectivity index (χ0) is 8.55. The number of rotatable bonds is 0. The van der Waals surface area contributed by atoms with Gasteiger partial charge in [0.25, 0.3) is 0 Å². The van der Waals surface area contributed by atoms with Gasteiger partial charge in [0.15, 0.2) is 0 Å². The average Bonchev–Trinajstić information content (AvgIpc) is 2.07. The number of aromatic nitrogens is 2. The third kappa shape index (κ3) is 0.993. The largest absolute Gasteiger partial charge is 0.398 e. The standard InChI is InChI=1S/C9H9N3/c1-6-2-9-7(3-8(6)10)4-11-5-12-9/h2-5H,10H2,1H3. The Morgan fingerprint density at radius 3 is 3.00 bits per heavy atom. The molecule has 0 spiro atoms. The summed E-state index contributed by atoms with van der Waals surface area (Å²) in [4.78, 5) is 8.03. The van der Waals surface area contributed by atoms with Crippen molar-refractivity contribution in [2.24, 2.45) is 0 Å². The van der Waals surface area contributed by atoms with Gasteiger partial charge in [-0.2, -0.15) is 0 Å². The summed E-state index contributed by atoms with van der Waals surface area (Å²) in [5.74, 6) is 0. The van der Waals surface area contributed by atoms with Gasteiger partial charge in [-0.05, 0) is 24.6 Å². The van der Waals surface area contributed by atoms with E-state index >= 15 is 0 Å². The fourth-order valence-electron chi connectivity index (χ4n) is 1.15. The van der Waals surface area contributed by atoms with Crippen LogP contribution in [0.2, 0.25) is 0 Å². The predicted octanol–water partition coefficient (Wildman–Crippen LogP) is 1.52. The summed E-state index contributed by atoms with van der Waals surface area (Å²) < 4.78 is 0. The number of benzene rings is 1. The predicted molar refractivity (Wildman–Crippen MR) is 48.7 cm³/mol. The molecule has 0 aliphatic heterocycles. The molecule has 0 radical (unpaired) electrons.